The van der Waals surface area contributed by atoms with Crippen LogP contribution >= 0.6 is 0 Å². The van der Waals surface area contributed by atoms with Gasteiger partial charge < -0.3 is 19.3 Å². The fourth-order valence-electron chi connectivity index (χ4n) is 6.96. The number of nitrogens with zero attached hydrogens (tertiary/aromatic N) is 2. The second kappa shape index (κ2) is 39.1. The van der Waals surface area contributed by atoms with Crippen molar-refractivity contribution >= 4 is 5.97 Å². The molecule has 53 heavy (non-hydrogen) atoms. The lowest BCUT2D eigenvalue weighted by Gasteiger charge is -2.24. The summed E-state index contributed by atoms with van der Waals surface area (Å²) < 4.78 is 11.4. The molecule has 0 amide bonds. The maximum absolute atomic E-state index is 12.1. The molecule has 5 nitrogen and oxygen atoms in total. The number of esters is 1. The summed E-state index contributed by atoms with van der Waals surface area (Å²) >= 11 is 0. The van der Waals surface area contributed by atoms with E-state index in [-0.39, 0.29) is 5.97 Å². The number of hydrogen-bond donors (Lipinski definition) is 0. The molecule has 0 spiro atoms. The highest BCUT2D eigenvalue weighted by atomic mass is 16.5. The zero-order valence-corrected chi connectivity index (χ0v) is 37.3. The van der Waals surface area contributed by atoms with Crippen LogP contribution in [0.25, 0.3) is 0 Å². The van der Waals surface area contributed by atoms with E-state index in [9.17, 15) is 4.79 Å². The van der Waals surface area contributed by atoms with Crippen LogP contribution in [0, 0.1) is 11.8 Å². The van der Waals surface area contributed by atoms with Crippen LogP contribution in [0.5, 0.6) is 0 Å². The molecule has 0 aromatic heterocycles. The predicted octanol–water partition coefficient (Wildman–Crippen LogP) is 13.8. The highest BCUT2D eigenvalue weighted by Crippen LogP contribution is 2.16. The molecule has 0 aliphatic rings. The molecule has 0 saturated heterocycles. The van der Waals surface area contributed by atoms with Gasteiger partial charge in [-0.15, -0.1) is 0 Å². The Kier molecular flexibility index (Phi) is 38.2. The van der Waals surface area contributed by atoms with E-state index in [1.807, 2.05) is 0 Å². The third kappa shape index (κ3) is 41.8. The summed E-state index contributed by atoms with van der Waals surface area (Å²) in [6.45, 7) is 20.6. The van der Waals surface area contributed by atoms with Crippen molar-refractivity contribution in [3.63, 3.8) is 0 Å². The SMILES string of the molecule is CC(C)=CCCC(C)CCOCCCCCCCCCCCCN(CCCCCCCCCCCCOC(=O)CC(C)CCC=C(C)C)CCN(C)C. The van der Waals surface area contributed by atoms with E-state index in [1.54, 1.807) is 0 Å². The number of allylic oxidation sites excluding steroid dienone is 4. The van der Waals surface area contributed by atoms with Crippen molar-refractivity contribution in [3.05, 3.63) is 23.3 Å². The van der Waals surface area contributed by atoms with Crippen LogP contribution in [0.2, 0.25) is 0 Å². The molecule has 0 rings (SSSR count). The van der Waals surface area contributed by atoms with Crippen LogP contribution in [0.4, 0.5) is 0 Å². The lowest BCUT2D eigenvalue weighted by atomic mass is 10.0. The first kappa shape index (κ1) is 51.8. The van der Waals surface area contributed by atoms with Crippen LogP contribution in [0.15, 0.2) is 23.3 Å². The summed E-state index contributed by atoms with van der Waals surface area (Å²) in [4.78, 5) is 17.1. The van der Waals surface area contributed by atoms with Crippen molar-refractivity contribution < 1.29 is 14.3 Å². The molecule has 0 aromatic carbocycles. The number of ether oxygens (including phenoxy) is 2. The Morgan fingerprint density at radius 2 is 0.906 bits per heavy atom. The fraction of sp³-hybridized carbons (Fsp3) is 0.896. The van der Waals surface area contributed by atoms with E-state index in [1.165, 1.54) is 179 Å². The highest BCUT2D eigenvalue weighted by Gasteiger charge is 2.10. The molecule has 0 aromatic rings. The average molecular weight is 747 g/mol. The molecular weight excluding hydrogens is 653 g/mol. The first-order chi connectivity index (χ1) is 25.6. The quantitative estimate of drug-likeness (QED) is 0.0355. The van der Waals surface area contributed by atoms with Crippen molar-refractivity contribution in [3.8, 4) is 0 Å². The summed E-state index contributed by atoms with van der Waals surface area (Å²) in [6, 6.07) is 0. The Balaban J connectivity index is 3.65. The van der Waals surface area contributed by atoms with Gasteiger partial charge in [-0.3, -0.25) is 4.79 Å². The number of likely N-dealkylation sites (N-methyl/N-ethyl adjacent to an activating group) is 1. The minimum absolute atomic E-state index is 0.0163. The van der Waals surface area contributed by atoms with Gasteiger partial charge >= 0.3 is 5.97 Å². The molecule has 2 atom stereocenters. The monoisotopic (exact) mass is 747 g/mol. The van der Waals surface area contributed by atoms with Gasteiger partial charge in [0.25, 0.3) is 0 Å². The molecule has 5 heteroatoms. The van der Waals surface area contributed by atoms with E-state index in [0.717, 1.165) is 38.4 Å². The molecule has 0 bridgehead atoms. The predicted molar refractivity (Wildman–Crippen MR) is 234 cm³/mol. The zero-order chi connectivity index (χ0) is 39.2. The Morgan fingerprint density at radius 1 is 0.491 bits per heavy atom. The second-order valence-corrected chi connectivity index (χ2v) is 17.5. The van der Waals surface area contributed by atoms with Crippen molar-refractivity contribution in [2.45, 2.75) is 208 Å². The summed E-state index contributed by atoms with van der Waals surface area (Å²) in [6.07, 6.45) is 37.7. The van der Waals surface area contributed by atoms with Crippen LogP contribution in [-0.4, -0.2) is 75.9 Å². The Labute approximate surface area is 332 Å². The van der Waals surface area contributed by atoms with Gasteiger partial charge in [-0.2, -0.15) is 0 Å². The minimum Gasteiger partial charge on any atom is -0.466 e. The van der Waals surface area contributed by atoms with Crippen molar-refractivity contribution in [2.75, 3.05) is 60.1 Å². The summed E-state index contributed by atoms with van der Waals surface area (Å²) in [5.74, 6) is 1.16. The summed E-state index contributed by atoms with van der Waals surface area (Å²) in [7, 11) is 4.40. The molecule has 0 aliphatic carbocycles. The first-order valence-electron chi connectivity index (χ1n) is 23.0. The van der Waals surface area contributed by atoms with Gasteiger partial charge in [0.05, 0.1) is 6.61 Å². The van der Waals surface area contributed by atoms with Crippen molar-refractivity contribution in [2.24, 2.45) is 11.8 Å². The van der Waals surface area contributed by atoms with E-state index >= 15 is 0 Å². The van der Waals surface area contributed by atoms with Gasteiger partial charge in [0.2, 0.25) is 0 Å². The third-order valence-electron chi connectivity index (χ3n) is 10.7. The maximum Gasteiger partial charge on any atom is 0.306 e. The van der Waals surface area contributed by atoms with Crippen LogP contribution in [0.1, 0.15) is 208 Å². The largest absolute Gasteiger partial charge is 0.466 e. The number of rotatable bonds is 40. The standard InChI is InChI=1S/C48H94N2O3/c1-44(2)31-29-33-46(5)35-42-52-40-27-23-19-15-11-9-13-17-21-25-36-50(39-38-49(7)8)37-26-22-18-14-10-12-16-20-24-28-41-53-48(51)43-47(6)34-30-32-45(3)4/h31-32,46-47H,9-30,33-43H2,1-8H3. The van der Waals surface area contributed by atoms with Gasteiger partial charge in [0, 0.05) is 32.7 Å². The molecule has 0 N–H and O–H groups in total. The van der Waals surface area contributed by atoms with Crippen molar-refractivity contribution in [1.82, 2.24) is 9.80 Å². The molecule has 0 heterocycles. The van der Waals surface area contributed by atoms with Gasteiger partial charge in [0.15, 0.2) is 0 Å². The number of unbranched alkanes of at least 4 members (excludes halogenated alkanes) is 18. The summed E-state index contributed by atoms with van der Waals surface area (Å²) in [5, 5.41) is 0. The first-order valence-corrected chi connectivity index (χ1v) is 23.0. The Morgan fingerprint density at radius 3 is 1.36 bits per heavy atom. The minimum atomic E-state index is -0.0163. The number of carbonyl (C=O) groups excluding carboxylic acids is 1. The van der Waals surface area contributed by atoms with Gasteiger partial charge in [-0.05, 0) is 125 Å². The second-order valence-electron chi connectivity index (χ2n) is 17.5. The van der Waals surface area contributed by atoms with Gasteiger partial charge in [-0.1, -0.05) is 140 Å². The maximum atomic E-state index is 12.1. The molecule has 0 radical (unpaired) electrons. The Hall–Kier alpha value is -1.17. The molecule has 2 unspecified atom stereocenters. The molecular formula is C48H94N2O3. The molecule has 0 saturated carbocycles. The third-order valence-corrected chi connectivity index (χ3v) is 10.7. The van der Waals surface area contributed by atoms with E-state index in [0.29, 0.717) is 18.9 Å². The van der Waals surface area contributed by atoms with E-state index < -0.39 is 0 Å². The van der Waals surface area contributed by atoms with Crippen molar-refractivity contribution in [1.29, 1.82) is 0 Å². The Bertz CT molecular complexity index is 846. The van der Waals surface area contributed by atoms with E-state index in [2.05, 4.69) is 77.6 Å². The number of hydrogen-bond acceptors (Lipinski definition) is 5. The lowest BCUT2D eigenvalue weighted by molar-refractivity contribution is -0.144. The topological polar surface area (TPSA) is 42.0 Å². The van der Waals surface area contributed by atoms with Gasteiger partial charge in [0.1, 0.15) is 0 Å². The average Bonchev–Trinajstić information content (AvgIpc) is 3.09. The molecule has 0 fully saturated rings. The van der Waals surface area contributed by atoms with E-state index in [4.69, 9.17) is 9.47 Å². The molecule has 314 valence electrons. The van der Waals surface area contributed by atoms with Crippen LogP contribution in [-0.2, 0) is 14.3 Å². The zero-order valence-electron chi connectivity index (χ0n) is 37.3. The van der Waals surface area contributed by atoms with Crippen LogP contribution < -0.4 is 0 Å². The highest BCUT2D eigenvalue weighted by molar-refractivity contribution is 5.69. The number of carbonyl (C=O) groups is 1. The fourth-order valence-corrected chi connectivity index (χ4v) is 6.96. The molecule has 0 aliphatic heterocycles. The van der Waals surface area contributed by atoms with Gasteiger partial charge in [-0.25, -0.2) is 0 Å². The smallest absolute Gasteiger partial charge is 0.306 e. The van der Waals surface area contributed by atoms with Crippen LogP contribution in [0.3, 0.4) is 0 Å². The lowest BCUT2D eigenvalue weighted by Crippen LogP contribution is -2.33. The normalized spacial score (nSPS) is 12.7. The summed E-state index contributed by atoms with van der Waals surface area (Å²) in [5.41, 5.74) is 2.79.